The maximum atomic E-state index is 11.9. The number of nitrogens with one attached hydrogen (secondary N) is 1. The number of esters is 1. The van der Waals surface area contributed by atoms with Crippen LogP contribution in [0.5, 0.6) is 0 Å². The zero-order chi connectivity index (χ0) is 14.7. The first-order chi connectivity index (χ1) is 9.52. The van der Waals surface area contributed by atoms with E-state index in [2.05, 4.69) is 24.3 Å². The Morgan fingerprint density at radius 2 is 2.35 bits per heavy atom. The number of carbonyl (C=O) groups is 1. The van der Waals surface area contributed by atoms with Crippen LogP contribution >= 0.6 is 0 Å². The number of rotatable bonds is 5. The van der Waals surface area contributed by atoms with Gasteiger partial charge < -0.3 is 4.74 Å². The van der Waals surface area contributed by atoms with Crippen LogP contribution in [-0.4, -0.2) is 28.9 Å². The largest absolute Gasteiger partial charge is 0.468 e. The molecular formula is C15H25N3O2. The Morgan fingerprint density at radius 1 is 1.60 bits per heavy atom. The highest BCUT2D eigenvalue weighted by Gasteiger charge is 2.29. The highest BCUT2D eigenvalue weighted by molar-refractivity contribution is 5.75. The molecule has 1 aliphatic rings. The van der Waals surface area contributed by atoms with E-state index in [1.165, 1.54) is 18.4 Å². The zero-order valence-corrected chi connectivity index (χ0v) is 12.8. The number of aromatic nitrogens is 2. The van der Waals surface area contributed by atoms with Crippen LogP contribution in [0.25, 0.3) is 0 Å². The number of ether oxygens (including phenoxy) is 1. The summed E-state index contributed by atoms with van der Waals surface area (Å²) in [7, 11) is 3.43. The van der Waals surface area contributed by atoms with Crippen molar-refractivity contribution in [2.75, 3.05) is 7.11 Å². The molecule has 1 aromatic rings. The first kappa shape index (κ1) is 15.0. The molecule has 0 aromatic carbocycles. The van der Waals surface area contributed by atoms with E-state index in [1.54, 1.807) is 0 Å². The third-order valence-corrected chi connectivity index (χ3v) is 3.97. The summed E-state index contributed by atoms with van der Waals surface area (Å²) in [6.07, 6.45) is 5.95. The summed E-state index contributed by atoms with van der Waals surface area (Å²) < 4.78 is 6.87. The fourth-order valence-electron chi connectivity index (χ4n) is 2.97. The van der Waals surface area contributed by atoms with Crippen LogP contribution < -0.4 is 5.32 Å². The van der Waals surface area contributed by atoms with Gasteiger partial charge in [-0.1, -0.05) is 13.8 Å². The van der Waals surface area contributed by atoms with Crippen LogP contribution in [-0.2, 0) is 23.0 Å². The Labute approximate surface area is 120 Å². The summed E-state index contributed by atoms with van der Waals surface area (Å²) in [6.45, 7) is 4.24. The fraction of sp³-hybridized carbons (Fsp3) is 0.733. The maximum Gasteiger partial charge on any atom is 0.322 e. The van der Waals surface area contributed by atoms with E-state index in [9.17, 15) is 4.79 Å². The fourth-order valence-corrected chi connectivity index (χ4v) is 2.97. The summed E-state index contributed by atoms with van der Waals surface area (Å²) in [5, 5.41) is 7.82. The molecular weight excluding hydrogens is 254 g/mol. The lowest BCUT2D eigenvalue weighted by Crippen LogP contribution is -2.41. The van der Waals surface area contributed by atoms with Crippen LogP contribution in [0.4, 0.5) is 0 Å². The Morgan fingerprint density at radius 3 is 3.00 bits per heavy atom. The number of hydrogen-bond acceptors (Lipinski definition) is 4. The molecule has 2 rings (SSSR count). The summed E-state index contributed by atoms with van der Waals surface area (Å²) in [5.41, 5.74) is 2.51. The third kappa shape index (κ3) is 3.20. The van der Waals surface area contributed by atoms with E-state index < -0.39 is 0 Å². The second-order valence-corrected chi connectivity index (χ2v) is 5.99. The quantitative estimate of drug-likeness (QED) is 0.837. The normalized spacial score (nSPS) is 19.8. The van der Waals surface area contributed by atoms with Gasteiger partial charge in [0.1, 0.15) is 6.04 Å². The molecule has 0 fully saturated rings. The lowest BCUT2D eigenvalue weighted by Gasteiger charge is -2.28. The average Bonchev–Trinajstić information content (AvgIpc) is 2.79. The van der Waals surface area contributed by atoms with Gasteiger partial charge in [-0.2, -0.15) is 5.10 Å². The van der Waals surface area contributed by atoms with Crippen LogP contribution in [0.2, 0.25) is 0 Å². The lowest BCUT2D eigenvalue weighted by atomic mass is 9.91. The molecule has 112 valence electrons. The molecule has 1 N–H and O–H groups in total. The molecule has 0 amide bonds. The van der Waals surface area contributed by atoms with Crippen molar-refractivity contribution in [1.82, 2.24) is 15.1 Å². The zero-order valence-electron chi connectivity index (χ0n) is 12.8. The minimum Gasteiger partial charge on any atom is -0.468 e. The van der Waals surface area contributed by atoms with Crippen molar-refractivity contribution in [3.63, 3.8) is 0 Å². The number of aryl methyl sites for hydroxylation is 1. The molecule has 2 unspecified atom stereocenters. The van der Waals surface area contributed by atoms with E-state index in [0.717, 1.165) is 25.7 Å². The van der Waals surface area contributed by atoms with Crippen molar-refractivity contribution in [2.24, 2.45) is 13.0 Å². The molecule has 0 bridgehead atoms. The van der Waals surface area contributed by atoms with Gasteiger partial charge in [0.2, 0.25) is 0 Å². The van der Waals surface area contributed by atoms with Crippen LogP contribution in [0.3, 0.4) is 0 Å². The Balaban J connectivity index is 2.13. The first-order valence-electron chi connectivity index (χ1n) is 7.37. The van der Waals surface area contributed by atoms with Crippen LogP contribution in [0, 0.1) is 5.92 Å². The third-order valence-electron chi connectivity index (χ3n) is 3.97. The first-order valence-corrected chi connectivity index (χ1v) is 7.37. The number of carbonyl (C=O) groups excluding carboxylic acids is 1. The highest BCUT2D eigenvalue weighted by Crippen LogP contribution is 2.30. The summed E-state index contributed by atoms with van der Waals surface area (Å²) in [6, 6.07) is -0.0357. The molecule has 0 saturated heterocycles. The molecule has 0 aliphatic heterocycles. The van der Waals surface area contributed by atoms with Crippen molar-refractivity contribution in [2.45, 2.75) is 51.6 Å². The molecule has 5 nitrogen and oxygen atoms in total. The topological polar surface area (TPSA) is 56.1 Å². The molecule has 20 heavy (non-hydrogen) atoms. The summed E-state index contributed by atoms with van der Waals surface area (Å²) in [5.74, 6) is 0.276. The van der Waals surface area contributed by atoms with Gasteiger partial charge in [-0.05, 0) is 31.6 Å². The van der Waals surface area contributed by atoms with Crippen molar-refractivity contribution in [3.8, 4) is 0 Å². The van der Waals surface area contributed by atoms with Crippen molar-refractivity contribution in [1.29, 1.82) is 0 Å². The van der Waals surface area contributed by atoms with E-state index in [1.807, 2.05) is 17.9 Å². The van der Waals surface area contributed by atoms with E-state index in [0.29, 0.717) is 5.92 Å². The maximum absolute atomic E-state index is 11.9. The van der Waals surface area contributed by atoms with Gasteiger partial charge >= 0.3 is 5.97 Å². The van der Waals surface area contributed by atoms with Crippen molar-refractivity contribution >= 4 is 5.97 Å². The molecule has 0 saturated carbocycles. The van der Waals surface area contributed by atoms with Gasteiger partial charge in [0.15, 0.2) is 0 Å². The van der Waals surface area contributed by atoms with Gasteiger partial charge in [0.05, 0.1) is 13.3 Å². The van der Waals surface area contributed by atoms with E-state index in [4.69, 9.17) is 4.74 Å². The number of nitrogens with zero attached hydrogens (tertiary/aromatic N) is 2. The molecule has 2 atom stereocenters. The molecule has 5 heteroatoms. The number of methoxy groups -OCH3 is 1. The highest BCUT2D eigenvalue weighted by atomic mass is 16.5. The van der Waals surface area contributed by atoms with Gasteiger partial charge in [0.25, 0.3) is 0 Å². The standard InChI is InChI=1S/C15H25N3O2/c1-10(2)8-13(15(19)20-4)17-12-6-5-7-14-11(12)9-16-18(14)3/h9-10,12-13,17H,5-8H2,1-4H3. The minimum atomic E-state index is -0.240. The molecule has 0 spiro atoms. The van der Waals surface area contributed by atoms with E-state index in [-0.39, 0.29) is 18.1 Å². The van der Waals surface area contributed by atoms with Gasteiger partial charge in [-0.3, -0.25) is 14.8 Å². The van der Waals surface area contributed by atoms with E-state index >= 15 is 0 Å². The molecule has 1 heterocycles. The van der Waals surface area contributed by atoms with Gasteiger partial charge in [0, 0.05) is 24.3 Å². The monoisotopic (exact) mass is 279 g/mol. The summed E-state index contributed by atoms with van der Waals surface area (Å²) >= 11 is 0. The van der Waals surface area contributed by atoms with Crippen molar-refractivity contribution in [3.05, 3.63) is 17.5 Å². The number of fused-ring (bicyclic) bond motifs is 1. The SMILES string of the molecule is COC(=O)C(CC(C)C)NC1CCCc2c1cnn2C. The average molecular weight is 279 g/mol. The Kier molecular flexibility index (Phi) is 4.81. The predicted octanol–water partition coefficient (Wildman–Crippen LogP) is 1.97. The minimum absolute atomic E-state index is 0.172. The molecule has 1 aromatic heterocycles. The number of hydrogen-bond donors (Lipinski definition) is 1. The van der Waals surface area contributed by atoms with Crippen LogP contribution in [0.15, 0.2) is 6.20 Å². The second-order valence-electron chi connectivity index (χ2n) is 5.99. The summed E-state index contributed by atoms with van der Waals surface area (Å²) in [4.78, 5) is 11.9. The predicted molar refractivity (Wildman–Crippen MR) is 77.3 cm³/mol. The van der Waals surface area contributed by atoms with Crippen molar-refractivity contribution < 1.29 is 9.53 Å². The molecule has 1 aliphatic carbocycles. The lowest BCUT2D eigenvalue weighted by molar-refractivity contribution is -0.143. The van der Waals surface area contributed by atoms with Gasteiger partial charge in [-0.25, -0.2) is 0 Å². The smallest absolute Gasteiger partial charge is 0.322 e. The van der Waals surface area contributed by atoms with Crippen LogP contribution in [0.1, 0.15) is 50.4 Å². The molecule has 0 radical (unpaired) electrons. The Hall–Kier alpha value is -1.36. The second kappa shape index (κ2) is 6.39. The Bertz CT molecular complexity index is 468. The van der Waals surface area contributed by atoms with Gasteiger partial charge in [-0.15, -0.1) is 0 Å².